The van der Waals surface area contributed by atoms with Crippen LogP contribution in [0.15, 0.2) is 6.20 Å². The summed E-state index contributed by atoms with van der Waals surface area (Å²) in [6, 6.07) is 0. The van der Waals surface area contributed by atoms with E-state index in [1.54, 1.807) is 6.20 Å². The molecule has 0 bridgehead atoms. The van der Waals surface area contributed by atoms with Crippen LogP contribution in [0.4, 0.5) is 0 Å². The van der Waals surface area contributed by atoms with Crippen LogP contribution in [0.1, 0.15) is 5.82 Å². The number of imidazole rings is 1. The number of nitrogens with one attached hydrogen (secondary N) is 1. The van der Waals surface area contributed by atoms with Gasteiger partial charge < -0.3 is 15.7 Å². The summed E-state index contributed by atoms with van der Waals surface area (Å²) in [6.45, 7) is 0.462. The van der Waals surface area contributed by atoms with E-state index in [1.807, 2.05) is 0 Å². The van der Waals surface area contributed by atoms with Crippen LogP contribution in [0.25, 0.3) is 0 Å². The standard InChI is InChI=1S/C4H6N3.Mn/c5-3-4-6-1-2-7-4;/h1H,3,5H2,(H,6,7);/q-1;. The van der Waals surface area contributed by atoms with Gasteiger partial charge in [0.15, 0.2) is 0 Å². The van der Waals surface area contributed by atoms with Gasteiger partial charge in [0.2, 0.25) is 0 Å². The molecule has 0 saturated heterocycles. The van der Waals surface area contributed by atoms with Crippen LogP contribution in [0, 0.1) is 6.20 Å². The van der Waals surface area contributed by atoms with Crippen LogP contribution in [-0.4, -0.2) is 9.97 Å². The molecule has 1 radical (unpaired) electrons. The van der Waals surface area contributed by atoms with Crippen molar-refractivity contribution in [3.8, 4) is 0 Å². The number of hydrogen-bond donors (Lipinski definition) is 2. The maximum atomic E-state index is 5.18. The second-order valence-electron chi connectivity index (χ2n) is 1.18. The summed E-state index contributed by atoms with van der Waals surface area (Å²) in [7, 11) is 0. The molecule has 0 aliphatic heterocycles. The summed E-state index contributed by atoms with van der Waals surface area (Å²) in [5.41, 5.74) is 5.18. The Balaban J connectivity index is 0.000000490. The van der Waals surface area contributed by atoms with Crippen molar-refractivity contribution in [2.24, 2.45) is 5.73 Å². The maximum absolute atomic E-state index is 5.18. The van der Waals surface area contributed by atoms with Crippen LogP contribution in [0.2, 0.25) is 0 Å². The molecule has 0 unspecified atom stereocenters. The van der Waals surface area contributed by atoms with Crippen LogP contribution < -0.4 is 5.73 Å². The van der Waals surface area contributed by atoms with E-state index in [2.05, 4.69) is 16.2 Å². The average Bonchev–Trinajstić information content (AvgIpc) is 2.14. The number of nitrogens with zero attached hydrogens (tertiary/aromatic N) is 1. The van der Waals surface area contributed by atoms with E-state index in [1.165, 1.54) is 0 Å². The molecule has 0 aromatic carbocycles. The van der Waals surface area contributed by atoms with Gasteiger partial charge in [-0.05, 0) is 12.4 Å². The Morgan fingerprint density at radius 3 is 2.88 bits per heavy atom. The molecule has 1 aromatic rings. The van der Waals surface area contributed by atoms with Crippen molar-refractivity contribution in [2.75, 3.05) is 0 Å². The number of nitrogens with two attached hydrogens (primary N) is 1. The first-order valence-electron chi connectivity index (χ1n) is 2.04. The van der Waals surface area contributed by atoms with Gasteiger partial charge in [-0.25, -0.2) is 0 Å². The Labute approximate surface area is 58.2 Å². The Kier molecular flexibility index (Phi) is 3.52. The van der Waals surface area contributed by atoms with Crippen LogP contribution in [0.3, 0.4) is 0 Å². The first-order chi connectivity index (χ1) is 3.43. The molecular weight excluding hydrogens is 145 g/mol. The summed E-state index contributed by atoms with van der Waals surface area (Å²) in [5.74, 6) is 0.778. The van der Waals surface area contributed by atoms with E-state index >= 15 is 0 Å². The minimum absolute atomic E-state index is 0. The van der Waals surface area contributed by atoms with Gasteiger partial charge in [0.05, 0.1) is 0 Å². The number of H-pyrrole nitrogens is 1. The zero-order valence-electron chi connectivity index (χ0n) is 4.19. The minimum atomic E-state index is 0. The fraction of sp³-hybridized carbons (Fsp3) is 0.250. The van der Waals surface area contributed by atoms with E-state index < -0.39 is 0 Å². The molecule has 0 saturated carbocycles. The monoisotopic (exact) mass is 151 g/mol. The smallest absolute Gasteiger partial charge is 0 e. The van der Waals surface area contributed by atoms with Crippen molar-refractivity contribution in [1.29, 1.82) is 0 Å². The van der Waals surface area contributed by atoms with Crippen molar-refractivity contribution >= 4 is 0 Å². The van der Waals surface area contributed by atoms with Crippen molar-refractivity contribution in [2.45, 2.75) is 6.54 Å². The van der Waals surface area contributed by atoms with Crippen LogP contribution in [-0.2, 0) is 23.6 Å². The second kappa shape index (κ2) is 3.66. The molecular formula is C4H6MnN3-. The number of hydrogen-bond acceptors (Lipinski definition) is 2. The van der Waals surface area contributed by atoms with Gasteiger partial charge in [-0.2, -0.15) is 0 Å². The summed E-state index contributed by atoms with van der Waals surface area (Å²) >= 11 is 0. The summed E-state index contributed by atoms with van der Waals surface area (Å²) in [6.07, 6.45) is 4.22. The van der Waals surface area contributed by atoms with Crippen molar-refractivity contribution in [1.82, 2.24) is 9.97 Å². The largest absolute Gasteiger partial charge is 0.441 e. The molecule has 1 rings (SSSR count). The SMILES string of the molecule is NCc1n[c-]c[nH]1.[Mn]. The van der Waals surface area contributed by atoms with Gasteiger partial charge in [0.1, 0.15) is 0 Å². The quantitative estimate of drug-likeness (QED) is 0.426. The van der Waals surface area contributed by atoms with E-state index in [4.69, 9.17) is 5.73 Å². The topological polar surface area (TPSA) is 54.7 Å². The fourth-order valence-corrected chi connectivity index (χ4v) is 0.363. The van der Waals surface area contributed by atoms with Gasteiger partial charge in [0, 0.05) is 17.1 Å². The average molecular weight is 151 g/mol. The number of aromatic amines is 1. The summed E-state index contributed by atoms with van der Waals surface area (Å²) < 4.78 is 0. The molecule has 0 fully saturated rings. The van der Waals surface area contributed by atoms with E-state index in [0.717, 1.165) is 5.82 Å². The third-order valence-corrected chi connectivity index (χ3v) is 0.696. The summed E-state index contributed by atoms with van der Waals surface area (Å²) in [4.78, 5) is 6.52. The first-order valence-corrected chi connectivity index (χ1v) is 2.04. The molecule has 8 heavy (non-hydrogen) atoms. The molecule has 0 amide bonds. The molecule has 0 aliphatic carbocycles. The second-order valence-corrected chi connectivity index (χ2v) is 1.18. The van der Waals surface area contributed by atoms with Gasteiger partial charge >= 0.3 is 0 Å². The Morgan fingerprint density at radius 2 is 2.62 bits per heavy atom. The van der Waals surface area contributed by atoms with Crippen LogP contribution in [0.5, 0.6) is 0 Å². The normalized spacial score (nSPS) is 8.12. The van der Waals surface area contributed by atoms with Crippen molar-refractivity contribution < 1.29 is 17.1 Å². The third-order valence-electron chi connectivity index (χ3n) is 0.696. The van der Waals surface area contributed by atoms with Gasteiger partial charge in [-0.1, -0.05) is 6.20 Å². The molecule has 3 N–H and O–H groups in total. The number of aromatic nitrogens is 2. The van der Waals surface area contributed by atoms with Crippen molar-refractivity contribution in [3.05, 3.63) is 18.2 Å². The zero-order valence-corrected chi connectivity index (χ0v) is 5.37. The van der Waals surface area contributed by atoms with E-state index in [-0.39, 0.29) is 17.1 Å². The first kappa shape index (κ1) is 7.69. The maximum Gasteiger partial charge on any atom is 0 e. The molecule has 4 heteroatoms. The van der Waals surface area contributed by atoms with Crippen LogP contribution >= 0.6 is 0 Å². The predicted molar refractivity (Wildman–Crippen MR) is 25.3 cm³/mol. The summed E-state index contributed by atoms with van der Waals surface area (Å²) in [5, 5.41) is 0. The Bertz CT molecular complexity index is 126. The Morgan fingerprint density at radius 1 is 1.88 bits per heavy atom. The molecule has 0 spiro atoms. The molecule has 0 aliphatic rings. The molecule has 1 heterocycles. The molecule has 1 aromatic heterocycles. The minimum Gasteiger partial charge on any atom is -0.441 e. The molecule has 0 atom stereocenters. The third kappa shape index (κ3) is 1.66. The fourth-order valence-electron chi connectivity index (χ4n) is 0.363. The number of rotatable bonds is 1. The van der Waals surface area contributed by atoms with Crippen molar-refractivity contribution in [3.63, 3.8) is 0 Å². The zero-order chi connectivity index (χ0) is 5.11. The van der Waals surface area contributed by atoms with Gasteiger partial charge in [-0.3, -0.25) is 0 Å². The van der Waals surface area contributed by atoms with E-state index in [9.17, 15) is 0 Å². The van der Waals surface area contributed by atoms with Gasteiger partial charge in [0.25, 0.3) is 0 Å². The molecule has 3 nitrogen and oxygen atoms in total. The molecule has 45 valence electrons. The van der Waals surface area contributed by atoms with E-state index in [0.29, 0.717) is 6.54 Å². The van der Waals surface area contributed by atoms with Gasteiger partial charge in [-0.15, -0.1) is 6.20 Å². The predicted octanol–water partition coefficient (Wildman–Crippen LogP) is -0.334. The Hall–Kier alpha value is -0.311.